The zero-order chi connectivity index (χ0) is 25.2. The van der Waals surface area contributed by atoms with Crippen molar-refractivity contribution in [3.8, 4) is 0 Å². The van der Waals surface area contributed by atoms with E-state index >= 15 is 0 Å². The second-order valence-corrected chi connectivity index (χ2v) is 8.52. The summed E-state index contributed by atoms with van der Waals surface area (Å²) in [4.78, 5) is 14.8. The number of benzene rings is 1. The van der Waals surface area contributed by atoms with Crippen molar-refractivity contribution in [1.82, 2.24) is 9.47 Å². The lowest BCUT2D eigenvalue weighted by atomic mass is 9.91. The van der Waals surface area contributed by atoms with Crippen molar-refractivity contribution in [3.63, 3.8) is 0 Å². The third-order valence-corrected chi connectivity index (χ3v) is 6.26. The molecule has 1 atom stereocenters. The van der Waals surface area contributed by atoms with Crippen LogP contribution >= 0.6 is 0 Å². The molecule has 1 fully saturated rings. The molecule has 2 heterocycles. The van der Waals surface area contributed by atoms with Crippen molar-refractivity contribution in [3.05, 3.63) is 68.4 Å². The molecule has 1 aliphatic rings. The Kier molecular flexibility index (Phi) is 7.73. The molecule has 1 saturated heterocycles. The molecule has 1 unspecified atom stereocenters. The number of aromatic nitrogens is 1. The summed E-state index contributed by atoms with van der Waals surface area (Å²) in [6.07, 6.45) is -3.22. The first-order chi connectivity index (χ1) is 16.0. The number of alkyl halides is 3. The fourth-order valence-electron chi connectivity index (χ4n) is 4.38. The van der Waals surface area contributed by atoms with Gasteiger partial charge in [0.15, 0.2) is 0 Å². The van der Waals surface area contributed by atoms with Gasteiger partial charge < -0.3 is 19.3 Å². The fourth-order valence-corrected chi connectivity index (χ4v) is 4.38. The molecule has 0 radical (unpaired) electrons. The van der Waals surface area contributed by atoms with Gasteiger partial charge in [0.25, 0.3) is 5.91 Å². The van der Waals surface area contributed by atoms with Gasteiger partial charge in [-0.1, -0.05) is 25.6 Å². The molecule has 3 rings (SSSR count). The van der Waals surface area contributed by atoms with Crippen LogP contribution < -0.4 is 10.6 Å². The van der Waals surface area contributed by atoms with Gasteiger partial charge in [-0.2, -0.15) is 13.2 Å². The summed E-state index contributed by atoms with van der Waals surface area (Å²) in [5, 5.41) is 12.0. The summed E-state index contributed by atoms with van der Waals surface area (Å²) < 4.78 is 47.2. The minimum absolute atomic E-state index is 0.132. The second-order valence-electron chi connectivity index (χ2n) is 8.52. The van der Waals surface area contributed by atoms with Crippen LogP contribution in [0.3, 0.4) is 0 Å². The molecule has 0 spiro atoms. The van der Waals surface area contributed by atoms with Gasteiger partial charge in [0, 0.05) is 31.0 Å². The number of carbonyl (C=O) groups excluding carboxylic acids is 1. The monoisotopic (exact) mass is 476 g/mol. The van der Waals surface area contributed by atoms with Crippen LogP contribution in [0.15, 0.2) is 29.8 Å². The number of aryl methyl sites for hydroxylation is 1. The highest BCUT2D eigenvalue weighted by Gasteiger charge is 2.32. The maximum Gasteiger partial charge on any atom is 0.416 e. The molecule has 34 heavy (non-hydrogen) atoms. The third kappa shape index (κ3) is 5.13. The summed E-state index contributed by atoms with van der Waals surface area (Å²) in [5.74, 6) is -0.132. The number of aliphatic hydroxyl groups excluding tert-OH is 1. The van der Waals surface area contributed by atoms with Crippen molar-refractivity contribution in [2.45, 2.75) is 39.5 Å². The molecule has 1 amide bonds. The SMILES string of the molecule is C=c1cc(C(O)c2c(C)ccc(C(=O)N3CCOCC3)c2C)n(C)/c1=C/C(=C\CC)C(F)(F)F. The lowest BCUT2D eigenvalue weighted by Gasteiger charge is -2.28. The molecule has 0 bridgehead atoms. The molecule has 5 nitrogen and oxygen atoms in total. The average Bonchev–Trinajstić information content (AvgIpc) is 3.06. The van der Waals surface area contributed by atoms with E-state index in [2.05, 4.69) is 6.58 Å². The minimum atomic E-state index is -4.49. The van der Waals surface area contributed by atoms with Gasteiger partial charge in [0.2, 0.25) is 0 Å². The van der Waals surface area contributed by atoms with Gasteiger partial charge in [-0.3, -0.25) is 4.79 Å². The van der Waals surface area contributed by atoms with E-state index in [0.717, 1.165) is 17.7 Å². The average molecular weight is 477 g/mol. The first-order valence-electron chi connectivity index (χ1n) is 11.3. The molecule has 0 aliphatic carbocycles. The van der Waals surface area contributed by atoms with E-state index in [1.165, 1.54) is 4.57 Å². The number of halogens is 3. The molecular weight excluding hydrogens is 445 g/mol. The van der Waals surface area contributed by atoms with E-state index in [4.69, 9.17) is 4.74 Å². The normalized spacial score (nSPS) is 16.8. The number of allylic oxidation sites excluding steroid dienone is 2. The predicted molar refractivity (Wildman–Crippen MR) is 126 cm³/mol. The number of hydrogen-bond donors (Lipinski definition) is 1. The fraction of sp³-hybridized carbons (Fsp3) is 0.423. The summed E-state index contributed by atoms with van der Waals surface area (Å²) >= 11 is 0. The van der Waals surface area contributed by atoms with Gasteiger partial charge in [0.05, 0.1) is 24.5 Å². The van der Waals surface area contributed by atoms with Crippen LogP contribution in [0.5, 0.6) is 0 Å². The standard InChI is InChI=1S/C26H31F3N2O3/c1-6-7-19(26(27,28)29)15-21-17(3)14-22(30(21)5)24(32)23-16(2)8-9-20(18(23)4)25(33)31-10-12-34-13-11-31/h7-9,14-15,24,32H,3,6,10-13H2,1-2,4-5H3/b19-7+,21-15+. The number of ether oxygens (including phenoxy) is 1. The van der Waals surface area contributed by atoms with Gasteiger partial charge in [0.1, 0.15) is 6.10 Å². The van der Waals surface area contributed by atoms with Crippen LogP contribution in [0.1, 0.15) is 52.2 Å². The number of aliphatic hydroxyl groups is 1. The Labute approximate surface area is 197 Å². The number of hydrogen-bond acceptors (Lipinski definition) is 3. The van der Waals surface area contributed by atoms with Crippen LogP contribution in [0.2, 0.25) is 0 Å². The minimum Gasteiger partial charge on any atom is -0.382 e. The molecule has 0 saturated carbocycles. The molecule has 1 aliphatic heterocycles. The van der Waals surface area contributed by atoms with Crippen LogP contribution in [0, 0.1) is 13.8 Å². The van der Waals surface area contributed by atoms with Gasteiger partial charge in [-0.15, -0.1) is 0 Å². The molecular formula is C26H31F3N2O3. The number of rotatable bonds is 5. The van der Waals surface area contributed by atoms with E-state index in [0.29, 0.717) is 53.9 Å². The highest BCUT2D eigenvalue weighted by atomic mass is 19.4. The van der Waals surface area contributed by atoms with Gasteiger partial charge in [-0.25, -0.2) is 0 Å². The van der Waals surface area contributed by atoms with Crippen molar-refractivity contribution in [1.29, 1.82) is 0 Å². The number of nitrogens with zero attached hydrogens (tertiary/aromatic N) is 2. The Bertz CT molecular complexity index is 1210. The highest BCUT2D eigenvalue weighted by molar-refractivity contribution is 5.96. The molecule has 2 aromatic rings. The Hall–Kier alpha value is -2.84. The van der Waals surface area contributed by atoms with Crippen LogP contribution in [-0.2, 0) is 11.8 Å². The zero-order valence-corrected chi connectivity index (χ0v) is 20.0. The number of carbonyl (C=O) groups is 1. The zero-order valence-electron chi connectivity index (χ0n) is 20.0. The lowest BCUT2D eigenvalue weighted by molar-refractivity contribution is -0.0868. The maximum atomic E-state index is 13.4. The van der Waals surface area contributed by atoms with E-state index < -0.39 is 17.9 Å². The molecule has 1 aromatic heterocycles. The first kappa shape index (κ1) is 25.8. The number of amides is 1. The Morgan fingerprint density at radius 2 is 1.91 bits per heavy atom. The lowest BCUT2D eigenvalue weighted by Crippen LogP contribution is -2.41. The largest absolute Gasteiger partial charge is 0.416 e. The van der Waals surface area contributed by atoms with E-state index in [1.54, 1.807) is 44.0 Å². The Morgan fingerprint density at radius 3 is 2.50 bits per heavy atom. The Balaban J connectivity index is 2.08. The summed E-state index contributed by atoms with van der Waals surface area (Å²) in [6, 6.07) is 5.12. The predicted octanol–water partition coefficient (Wildman–Crippen LogP) is 3.29. The van der Waals surface area contributed by atoms with E-state index in [1.807, 2.05) is 6.92 Å². The molecule has 184 valence electrons. The number of morpholine rings is 1. The van der Waals surface area contributed by atoms with Crippen LogP contribution in [-0.4, -0.2) is 53.0 Å². The van der Waals surface area contributed by atoms with E-state index in [9.17, 15) is 23.1 Å². The molecule has 8 heteroatoms. The van der Waals surface area contributed by atoms with Gasteiger partial charge >= 0.3 is 6.18 Å². The second kappa shape index (κ2) is 10.2. The maximum absolute atomic E-state index is 13.4. The molecule has 1 N–H and O–H groups in total. The van der Waals surface area contributed by atoms with Crippen molar-refractivity contribution in [2.24, 2.45) is 7.05 Å². The third-order valence-electron chi connectivity index (χ3n) is 6.26. The van der Waals surface area contributed by atoms with Crippen molar-refractivity contribution < 1.29 is 27.8 Å². The summed E-state index contributed by atoms with van der Waals surface area (Å²) in [6.45, 7) is 11.1. The first-order valence-corrected chi connectivity index (χ1v) is 11.3. The Morgan fingerprint density at radius 1 is 1.26 bits per heavy atom. The smallest absolute Gasteiger partial charge is 0.382 e. The van der Waals surface area contributed by atoms with E-state index in [-0.39, 0.29) is 17.7 Å². The molecule has 1 aromatic carbocycles. The van der Waals surface area contributed by atoms with Crippen molar-refractivity contribution >= 4 is 18.6 Å². The van der Waals surface area contributed by atoms with Crippen molar-refractivity contribution in [2.75, 3.05) is 26.3 Å². The summed E-state index contributed by atoms with van der Waals surface area (Å²) in [7, 11) is 1.60. The quantitative estimate of drug-likeness (QED) is 0.721. The summed E-state index contributed by atoms with van der Waals surface area (Å²) in [5.41, 5.74) is 2.11. The van der Waals surface area contributed by atoms with Crippen LogP contribution in [0.25, 0.3) is 12.7 Å². The highest BCUT2D eigenvalue weighted by Crippen LogP contribution is 2.30. The topological polar surface area (TPSA) is 54.7 Å². The van der Waals surface area contributed by atoms with Crippen LogP contribution in [0.4, 0.5) is 13.2 Å². The van der Waals surface area contributed by atoms with Gasteiger partial charge in [-0.05, 0) is 60.4 Å².